The van der Waals surface area contributed by atoms with Gasteiger partial charge in [-0.05, 0) is 104 Å². The first-order valence-electron chi connectivity index (χ1n) is 11.9. The van der Waals surface area contributed by atoms with E-state index in [0.29, 0.717) is 25.1 Å². The summed E-state index contributed by atoms with van der Waals surface area (Å²) >= 11 is 0. The van der Waals surface area contributed by atoms with E-state index in [-0.39, 0.29) is 17.1 Å². The maximum absolute atomic E-state index is 12.3. The molecule has 0 saturated heterocycles. The molecule has 3 N–H and O–H groups in total. The summed E-state index contributed by atoms with van der Waals surface area (Å²) < 4.78 is 0. The summed E-state index contributed by atoms with van der Waals surface area (Å²) in [6, 6.07) is 13.1. The molecule has 31 heavy (non-hydrogen) atoms. The van der Waals surface area contributed by atoms with Crippen LogP contribution in [0.25, 0.3) is 0 Å². The molecule has 0 radical (unpaired) electrons. The van der Waals surface area contributed by atoms with Crippen LogP contribution in [0.2, 0.25) is 0 Å². The molecule has 4 aliphatic rings. The van der Waals surface area contributed by atoms with Crippen LogP contribution in [0.15, 0.2) is 42.5 Å². The van der Waals surface area contributed by atoms with Crippen LogP contribution in [0.5, 0.6) is 11.5 Å². The van der Waals surface area contributed by atoms with Crippen LogP contribution in [0.1, 0.15) is 61.6 Å². The predicted molar refractivity (Wildman–Crippen MR) is 121 cm³/mol. The van der Waals surface area contributed by atoms with Gasteiger partial charge in [0.05, 0.1) is 0 Å². The van der Waals surface area contributed by atoms with Crippen LogP contribution in [-0.4, -0.2) is 22.7 Å². The number of benzene rings is 2. The summed E-state index contributed by atoms with van der Waals surface area (Å²) in [6.45, 7) is 0.595. The summed E-state index contributed by atoms with van der Waals surface area (Å²) in [4.78, 5) is 12.3. The molecule has 0 spiro atoms. The summed E-state index contributed by atoms with van der Waals surface area (Å²) in [5.74, 6) is 3.29. The van der Waals surface area contributed by atoms with Gasteiger partial charge in [0, 0.05) is 18.5 Å². The Hall–Kier alpha value is -2.49. The lowest BCUT2D eigenvalue weighted by atomic mass is 9.48. The highest BCUT2D eigenvalue weighted by molar-refractivity contribution is 5.76. The molecule has 164 valence electrons. The standard InChI is InChI=1S/C27H33NO3/c29-23-5-1-18(2-6-23)9-10-28-26(31)8-4-19-3-7-25(30)24(14-19)27-15-20-11-21(16-27)13-22(12-20)17-27/h1-3,5-7,14,20-22,29-30H,4,8-13,15-17H2,(H,28,31). The maximum atomic E-state index is 12.3. The molecule has 4 fully saturated rings. The second kappa shape index (κ2) is 8.22. The van der Waals surface area contributed by atoms with Crippen LogP contribution in [0.4, 0.5) is 0 Å². The van der Waals surface area contributed by atoms with E-state index in [1.54, 1.807) is 12.1 Å². The van der Waals surface area contributed by atoms with E-state index in [1.165, 1.54) is 38.5 Å². The molecule has 2 aromatic rings. The van der Waals surface area contributed by atoms with Crippen molar-refractivity contribution in [1.82, 2.24) is 5.32 Å². The Morgan fingerprint density at radius 3 is 2.13 bits per heavy atom. The van der Waals surface area contributed by atoms with Crippen LogP contribution in [0, 0.1) is 17.8 Å². The highest BCUT2D eigenvalue weighted by Gasteiger charge is 2.52. The fraction of sp³-hybridized carbons (Fsp3) is 0.519. The van der Waals surface area contributed by atoms with Gasteiger partial charge in [0.2, 0.25) is 5.91 Å². The highest BCUT2D eigenvalue weighted by Crippen LogP contribution is 2.61. The van der Waals surface area contributed by atoms with Gasteiger partial charge in [0.1, 0.15) is 11.5 Å². The number of phenolic OH excluding ortho intramolecular Hbond substituents is 2. The van der Waals surface area contributed by atoms with Crippen molar-refractivity contribution in [1.29, 1.82) is 0 Å². The Balaban J connectivity index is 1.18. The minimum atomic E-state index is 0.0585. The monoisotopic (exact) mass is 419 g/mol. The minimum Gasteiger partial charge on any atom is -0.508 e. The van der Waals surface area contributed by atoms with Crippen molar-refractivity contribution in [3.8, 4) is 11.5 Å². The fourth-order valence-electron chi connectivity index (χ4n) is 6.96. The van der Waals surface area contributed by atoms with E-state index >= 15 is 0 Å². The van der Waals surface area contributed by atoms with Gasteiger partial charge in [-0.2, -0.15) is 0 Å². The number of hydrogen-bond acceptors (Lipinski definition) is 3. The van der Waals surface area contributed by atoms with Crippen molar-refractivity contribution in [2.45, 2.75) is 63.2 Å². The molecule has 4 saturated carbocycles. The summed E-state index contributed by atoms with van der Waals surface area (Å²) in [6.07, 6.45) is 9.78. The molecule has 0 aliphatic heterocycles. The lowest BCUT2D eigenvalue weighted by Crippen LogP contribution is -2.48. The van der Waals surface area contributed by atoms with E-state index in [4.69, 9.17) is 0 Å². The first-order valence-corrected chi connectivity index (χ1v) is 11.9. The third kappa shape index (κ3) is 4.30. The average molecular weight is 420 g/mol. The van der Waals surface area contributed by atoms with Crippen molar-refractivity contribution in [3.05, 3.63) is 59.2 Å². The van der Waals surface area contributed by atoms with Gasteiger partial charge in [-0.1, -0.05) is 24.3 Å². The number of hydrogen-bond donors (Lipinski definition) is 3. The van der Waals surface area contributed by atoms with E-state index in [0.717, 1.165) is 40.9 Å². The van der Waals surface area contributed by atoms with E-state index in [2.05, 4.69) is 11.4 Å². The van der Waals surface area contributed by atoms with Crippen molar-refractivity contribution < 1.29 is 15.0 Å². The van der Waals surface area contributed by atoms with Gasteiger partial charge in [0.25, 0.3) is 0 Å². The molecule has 4 bridgehead atoms. The van der Waals surface area contributed by atoms with Gasteiger partial charge in [-0.25, -0.2) is 0 Å². The Kier molecular flexibility index (Phi) is 5.41. The number of carbonyl (C=O) groups is 1. The van der Waals surface area contributed by atoms with Gasteiger partial charge in [0.15, 0.2) is 0 Å². The van der Waals surface area contributed by atoms with Crippen LogP contribution in [-0.2, 0) is 23.1 Å². The molecule has 4 nitrogen and oxygen atoms in total. The van der Waals surface area contributed by atoms with Crippen LogP contribution in [0.3, 0.4) is 0 Å². The van der Waals surface area contributed by atoms with E-state index in [1.807, 2.05) is 24.3 Å². The quantitative estimate of drug-likeness (QED) is 0.600. The number of phenols is 2. The summed E-state index contributed by atoms with van der Waals surface area (Å²) in [5.41, 5.74) is 3.56. The molecule has 1 amide bonds. The Labute approximate surface area is 184 Å². The smallest absolute Gasteiger partial charge is 0.220 e. The normalized spacial score (nSPS) is 28.6. The Morgan fingerprint density at radius 1 is 0.871 bits per heavy atom. The third-order valence-corrected chi connectivity index (χ3v) is 7.98. The lowest BCUT2D eigenvalue weighted by molar-refractivity contribution is -0.121. The predicted octanol–water partition coefficient (Wildman–Crippen LogP) is 4.86. The van der Waals surface area contributed by atoms with E-state index in [9.17, 15) is 15.0 Å². The van der Waals surface area contributed by atoms with Gasteiger partial charge in [-0.3, -0.25) is 4.79 Å². The van der Waals surface area contributed by atoms with Crippen molar-refractivity contribution >= 4 is 5.91 Å². The van der Waals surface area contributed by atoms with Gasteiger partial charge >= 0.3 is 0 Å². The maximum Gasteiger partial charge on any atom is 0.220 e. The number of aryl methyl sites for hydroxylation is 1. The molecule has 4 heteroatoms. The summed E-state index contributed by atoms with van der Waals surface area (Å²) in [7, 11) is 0. The zero-order chi connectivity index (χ0) is 21.4. The average Bonchev–Trinajstić information content (AvgIpc) is 2.73. The Bertz CT molecular complexity index is 914. The minimum absolute atomic E-state index is 0.0585. The zero-order valence-electron chi connectivity index (χ0n) is 18.1. The van der Waals surface area contributed by atoms with Crippen LogP contribution < -0.4 is 5.32 Å². The zero-order valence-corrected chi connectivity index (χ0v) is 18.1. The lowest BCUT2D eigenvalue weighted by Gasteiger charge is -2.57. The highest BCUT2D eigenvalue weighted by atomic mass is 16.3. The third-order valence-electron chi connectivity index (χ3n) is 7.98. The van der Waals surface area contributed by atoms with E-state index < -0.39 is 0 Å². The number of amides is 1. The SMILES string of the molecule is O=C(CCc1ccc(O)c(C23CC4CC(CC(C4)C2)C3)c1)NCCc1ccc(O)cc1. The molecule has 0 atom stereocenters. The molecule has 6 rings (SSSR count). The number of rotatable bonds is 7. The van der Waals surface area contributed by atoms with Crippen molar-refractivity contribution in [2.24, 2.45) is 17.8 Å². The van der Waals surface area contributed by atoms with Gasteiger partial charge in [-0.15, -0.1) is 0 Å². The first kappa shape index (κ1) is 20.4. The van der Waals surface area contributed by atoms with Crippen LogP contribution >= 0.6 is 0 Å². The number of carbonyl (C=O) groups excluding carboxylic acids is 1. The molecule has 0 unspecified atom stereocenters. The molecular formula is C27H33NO3. The van der Waals surface area contributed by atoms with Crippen molar-refractivity contribution in [3.63, 3.8) is 0 Å². The largest absolute Gasteiger partial charge is 0.508 e. The molecule has 4 aliphatic carbocycles. The second-order valence-electron chi connectivity index (χ2n) is 10.3. The van der Waals surface area contributed by atoms with Gasteiger partial charge < -0.3 is 15.5 Å². The molecule has 0 aromatic heterocycles. The Morgan fingerprint density at radius 2 is 1.48 bits per heavy atom. The van der Waals surface area contributed by atoms with Crippen molar-refractivity contribution in [2.75, 3.05) is 6.54 Å². The molecular weight excluding hydrogens is 386 g/mol. The molecule has 2 aromatic carbocycles. The number of nitrogens with one attached hydrogen (secondary N) is 1. The number of aromatic hydroxyl groups is 2. The molecule has 0 heterocycles. The first-order chi connectivity index (χ1) is 15.0. The second-order valence-corrected chi connectivity index (χ2v) is 10.3. The topological polar surface area (TPSA) is 69.6 Å². The summed E-state index contributed by atoms with van der Waals surface area (Å²) in [5, 5.41) is 23.1. The fourth-order valence-corrected chi connectivity index (χ4v) is 6.96.